The fourth-order valence-electron chi connectivity index (χ4n) is 5.01. The van der Waals surface area contributed by atoms with Gasteiger partial charge in [-0.15, -0.1) is 0 Å². The SMILES string of the molecule is NCC1(N2CCC(c3ccccc3)C2)CCN2CCC1C2. The molecule has 0 aromatic heterocycles. The fraction of sp³-hybridized carbons (Fsp3) is 0.667. The zero-order chi connectivity index (χ0) is 14.3. The zero-order valence-electron chi connectivity index (χ0n) is 12.9. The summed E-state index contributed by atoms with van der Waals surface area (Å²) in [4.78, 5) is 5.39. The average molecular weight is 285 g/mol. The Morgan fingerprint density at radius 2 is 1.90 bits per heavy atom. The molecule has 4 atom stereocenters. The highest BCUT2D eigenvalue weighted by atomic mass is 15.3. The molecule has 2 bridgehead atoms. The van der Waals surface area contributed by atoms with E-state index in [1.807, 2.05) is 0 Å². The summed E-state index contributed by atoms with van der Waals surface area (Å²) in [6.45, 7) is 7.10. The minimum Gasteiger partial charge on any atom is -0.329 e. The lowest BCUT2D eigenvalue weighted by molar-refractivity contribution is 0.0240. The van der Waals surface area contributed by atoms with Crippen molar-refractivity contribution >= 4 is 0 Å². The van der Waals surface area contributed by atoms with Gasteiger partial charge < -0.3 is 10.6 Å². The third-order valence-electron chi connectivity index (χ3n) is 6.34. The second kappa shape index (κ2) is 5.38. The molecule has 0 amide bonds. The number of rotatable bonds is 3. The zero-order valence-corrected chi connectivity index (χ0v) is 12.9. The highest BCUT2D eigenvalue weighted by molar-refractivity contribution is 5.22. The molecule has 3 saturated heterocycles. The quantitative estimate of drug-likeness (QED) is 0.920. The molecule has 3 heterocycles. The van der Waals surface area contributed by atoms with Crippen molar-refractivity contribution in [2.75, 3.05) is 39.3 Å². The molecular formula is C18H27N3. The molecule has 114 valence electrons. The topological polar surface area (TPSA) is 32.5 Å². The van der Waals surface area contributed by atoms with E-state index in [-0.39, 0.29) is 5.54 Å². The Kier molecular flexibility index (Phi) is 3.52. The lowest BCUT2D eigenvalue weighted by Gasteiger charge is -2.49. The van der Waals surface area contributed by atoms with E-state index >= 15 is 0 Å². The van der Waals surface area contributed by atoms with Gasteiger partial charge in [0.25, 0.3) is 0 Å². The number of piperidine rings is 1. The number of hydrogen-bond acceptors (Lipinski definition) is 3. The molecule has 3 heteroatoms. The smallest absolute Gasteiger partial charge is 0.0384 e. The summed E-state index contributed by atoms with van der Waals surface area (Å²) < 4.78 is 0. The van der Waals surface area contributed by atoms with Gasteiger partial charge in [0, 0.05) is 25.2 Å². The molecule has 3 aliphatic heterocycles. The molecule has 21 heavy (non-hydrogen) atoms. The van der Waals surface area contributed by atoms with E-state index in [4.69, 9.17) is 5.73 Å². The predicted octanol–water partition coefficient (Wildman–Crippen LogP) is 1.90. The Hall–Kier alpha value is -0.900. The van der Waals surface area contributed by atoms with E-state index in [1.54, 1.807) is 0 Å². The van der Waals surface area contributed by atoms with Crippen LogP contribution in [-0.4, -0.2) is 54.6 Å². The van der Waals surface area contributed by atoms with Crippen molar-refractivity contribution in [3.63, 3.8) is 0 Å². The first kappa shape index (κ1) is 13.7. The Morgan fingerprint density at radius 1 is 1.05 bits per heavy atom. The number of fused-ring (bicyclic) bond motifs is 2. The van der Waals surface area contributed by atoms with Gasteiger partial charge in [-0.05, 0) is 56.3 Å². The third kappa shape index (κ3) is 2.23. The first-order valence-electron chi connectivity index (χ1n) is 8.54. The minimum atomic E-state index is 0.288. The van der Waals surface area contributed by atoms with Crippen LogP contribution in [0.15, 0.2) is 30.3 Å². The maximum Gasteiger partial charge on any atom is 0.0384 e. The van der Waals surface area contributed by atoms with Gasteiger partial charge in [0.05, 0.1) is 0 Å². The predicted molar refractivity (Wildman–Crippen MR) is 86.3 cm³/mol. The van der Waals surface area contributed by atoms with Crippen LogP contribution in [0.2, 0.25) is 0 Å². The van der Waals surface area contributed by atoms with E-state index < -0.39 is 0 Å². The molecule has 0 aliphatic carbocycles. The van der Waals surface area contributed by atoms with Crippen molar-refractivity contribution in [1.29, 1.82) is 0 Å². The fourth-order valence-corrected chi connectivity index (χ4v) is 5.01. The standard InChI is InChI=1S/C18H27N3/c19-14-18(8-11-20-9-7-17(18)13-20)21-10-6-16(12-21)15-4-2-1-3-5-15/h1-5,16-17H,6-14,19H2. The van der Waals surface area contributed by atoms with Gasteiger partial charge in [-0.2, -0.15) is 0 Å². The number of nitrogens with zero attached hydrogens (tertiary/aromatic N) is 2. The van der Waals surface area contributed by atoms with Gasteiger partial charge >= 0.3 is 0 Å². The second-order valence-electron chi connectivity index (χ2n) is 7.19. The molecule has 0 radical (unpaired) electrons. The number of benzene rings is 1. The molecular weight excluding hydrogens is 258 g/mol. The molecule has 4 rings (SSSR count). The molecule has 1 aromatic rings. The number of likely N-dealkylation sites (tertiary alicyclic amines) is 1. The summed E-state index contributed by atoms with van der Waals surface area (Å²) in [5, 5.41) is 0. The van der Waals surface area contributed by atoms with E-state index in [2.05, 4.69) is 40.1 Å². The minimum absolute atomic E-state index is 0.288. The molecule has 2 N–H and O–H groups in total. The van der Waals surface area contributed by atoms with Crippen LogP contribution in [0.1, 0.15) is 30.7 Å². The van der Waals surface area contributed by atoms with Crippen LogP contribution in [0.4, 0.5) is 0 Å². The summed E-state index contributed by atoms with van der Waals surface area (Å²) in [6, 6.07) is 11.0. The maximum atomic E-state index is 6.33. The van der Waals surface area contributed by atoms with Crippen molar-refractivity contribution in [1.82, 2.24) is 9.80 Å². The van der Waals surface area contributed by atoms with E-state index in [9.17, 15) is 0 Å². The summed E-state index contributed by atoms with van der Waals surface area (Å²) in [5.41, 5.74) is 8.12. The van der Waals surface area contributed by atoms with Crippen molar-refractivity contribution < 1.29 is 0 Å². The van der Waals surface area contributed by atoms with Crippen molar-refractivity contribution in [2.45, 2.75) is 30.7 Å². The molecule has 3 fully saturated rings. The van der Waals surface area contributed by atoms with Crippen molar-refractivity contribution in [2.24, 2.45) is 11.7 Å². The summed E-state index contributed by atoms with van der Waals surface area (Å²) in [7, 11) is 0. The average Bonchev–Trinajstić information content (AvgIpc) is 3.18. The highest BCUT2D eigenvalue weighted by Gasteiger charge is 2.50. The lowest BCUT2D eigenvalue weighted by atomic mass is 9.77. The second-order valence-corrected chi connectivity index (χ2v) is 7.19. The van der Waals surface area contributed by atoms with Crippen LogP contribution in [0, 0.1) is 5.92 Å². The van der Waals surface area contributed by atoms with Crippen molar-refractivity contribution in [3.05, 3.63) is 35.9 Å². The van der Waals surface area contributed by atoms with Gasteiger partial charge in [-0.1, -0.05) is 30.3 Å². The monoisotopic (exact) mass is 285 g/mol. The highest BCUT2D eigenvalue weighted by Crippen LogP contribution is 2.43. The van der Waals surface area contributed by atoms with Crippen LogP contribution in [0.5, 0.6) is 0 Å². The summed E-state index contributed by atoms with van der Waals surface area (Å²) >= 11 is 0. The largest absolute Gasteiger partial charge is 0.329 e. The maximum absolute atomic E-state index is 6.33. The van der Waals surface area contributed by atoms with Crippen LogP contribution in [0.25, 0.3) is 0 Å². The molecule has 3 aliphatic rings. The van der Waals surface area contributed by atoms with E-state index in [0.29, 0.717) is 5.92 Å². The van der Waals surface area contributed by atoms with Gasteiger partial charge in [-0.3, -0.25) is 4.90 Å². The summed E-state index contributed by atoms with van der Waals surface area (Å²) in [5.74, 6) is 1.50. The number of hydrogen-bond donors (Lipinski definition) is 1. The number of nitrogens with two attached hydrogens (primary N) is 1. The lowest BCUT2D eigenvalue weighted by Crippen LogP contribution is -2.61. The van der Waals surface area contributed by atoms with Gasteiger partial charge in [0.1, 0.15) is 0 Å². The summed E-state index contributed by atoms with van der Waals surface area (Å²) in [6.07, 6.45) is 3.92. The Morgan fingerprint density at radius 3 is 2.71 bits per heavy atom. The molecule has 1 aromatic carbocycles. The van der Waals surface area contributed by atoms with E-state index in [1.165, 1.54) is 57.5 Å². The van der Waals surface area contributed by atoms with Gasteiger partial charge in [-0.25, -0.2) is 0 Å². The third-order valence-corrected chi connectivity index (χ3v) is 6.34. The Labute approximate surface area is 128 Å². The van der Waals surface area contributed by atoms with Crippen LogP contribution in [-0.2, 0) is 0 Å². The molecule has 4 unspecified atom stereocenters. The molecule has 0 spiro atoms. The van der Waals surface area contributed by atoms with Gasteiger partial charge in [0.2, 0.25) is 0 Å². The van der Waals surface area contributed by atoms with E-state index in [0.717, 1.165) is 12.5 Å². The normalized spacial score (nSPS) is 39.8. The van der Waals surface area contributed by atoms with Crippen molar-refractivity contribution in [3.8, 4) is 0 Å². The van der Waals surface area contributed by atoms with Crippen LogP contribution >= 0.6 is 0 Å². The first-order chi connectivity index (χ1) is 10.3. The van der Waals surface area contributed by atoms with Gasteiger partial charge in [0.15, 0.2) is 0 Å². The Bertz CT molecular complexity index is 488. The van der Waals surface area contributed by atoms with Crippen LogP contribution in [0.3, 0.4) is 0 Å². The van der Waals surface area contributed by atoms with Crippen LogP contribution < -0.4 is 5.73 Å². The molecule has 3 nitrogen and oxygen atoms in total. The Balaban J connectivity index is 1.53. The molecule has 0 saturated carbocycles. The first-order valence-corrected chi connectivity index (χ1v) is 8.54.